The molecule has 0 radical (unpaired) electrons. The monoisotopic (exact) mass is 662 g/mol. The van der Waals surface area contributed by atoms with E-state index in [1.165, 1.54) is 12.7 Å². The molecule has 9 N–H and O–H groups in total. The number of H-pyrrole nitrogens is 1. The van der Waals surface area contributed by atoms with Crippen molar-refractivity contribution in [2.75, 3.05) is 24.7 Å². The first kappa shape index (κ1) is 32.0. The third-order valence-corrected chi connectivity index (χ3v) is 7.85. The number of nitrogen functional groups attached to an aromatic ring is 2. The highest BCUT2D eigenvalue weighted by Crippen LogP contribution is 2.50. The maximum absolute atomic E-state index is 13.0. The zero-order valence-electron chi connectivity index (χ0n) is 22.8. The molecule has 7 atom stereocenters. The Bertz CT molecular complexity index is 1810. The van der Waals surface area contributed by atoms with Crippen LogP contribution in [0.1, 0.15) is 26.3 Å². The molecule has 1 aliphatic heterocycles. The number of rotatable bonds is 12. The average molecular weight is 662 g/mol. The predicted octanol–water partition coefficient (Wildman–Crippen LogP) is -1.08. The van der Waals surface area contributed by atoms with Gasteiger partial charge in [-0.3, -0.25) is 32.5 Å². The van der Waals surface area contributed by atoms with Crippen LogP contribution in [-0.2, 0) is 32.2 Å². The van der Waals surface area contributed by atoms with Crippen molar-refractivity contribution in [2.24, 2.45) is 0 Å². The van der Waals surface area contributed by atoms with Crippen molar-refractivity contribution in [1.29, 1.82) is 0 Å². The molecule has 240 valence electrons. The van der Waals surface area contributed by atoms with Gasteiger partial charge >= 0.3 is 15.6 Å². The number of fused-ring (bicyclic) bond motifs is 2. The second kappa shape index (κ2) is 12.2. The van der Waals surface area contributed by atoms with Crippen LogP contribution in [0.25, 0.3) is 22.3 Å². The maximum Gasteiger partial charge on any atom is 0.472 e. The number of hydrogen-bond donors (Lipinski definition) is 7. The second-order valence-electron chi connectivity index (χ2n) is 9.58. The maximum atomic E-state index is 13.0. The van der Waals surface area contributed by atoms with Crippen LogP contribution in [0.2, 0.25) is 0 Å². The first-order valence-corrected chi connectivity index (χ1v) is 15.7. The van der Waals surface area contributed by atoms with E-state index < -0.39 is 71.3 Å². The van der Waals surface area contributed by atoms with Crippen LogP contribution in [0, 0.1) is 0 Å². The van der Waals surface area contributed by atoms with Gasteiger partial charge in [-0.25, -0.2) is 29.1 Å². The lowest BCUT2D eigenvalue weighted by atomic mass is 10.1. The number of aliphatic hydroxyl groups excluding tert-OH is 1. The lowest BCUT2D eigenvalue weighted by Crippen LogP contribution is -2.35. The second-order valence-corrected chi connectivity index (χ2v) is 12.2. The standard InChI is InChI=1S/C20H28N10O12P2/c1-8(40-9(2)29-6-25-11-15(21)23-5-24-16(11)29)3-39-44(36,37)42-14-13(31)10(4-38-43(33,34)35)41-19(14)30-7-26-12-17(30)27-20(22)28-18(12)32/h5-10,13-14,19,31H,3-4H2,1-2H3,(H,36,37)(H2,21,23,24)(H2,33,34,35)(H3,22,27,28,32)/t8-,9+,10+,13?,14-,19+/m0/s1. The third-order valence-electron chi connectivity index (χ3n) is 6.38. The molecule has 0 bridgehead atoms. The number of aliphatic hydroxyl groups is 1. The Kier molecular flexibility index (Phi) is 8.86. The summed E-state index contributed by atoms with van der Waals surface area (Å²) in [5, 5.41) is 10.9. The van der Waals surface area contributed by atoms with Crippen molar-refractivity contribution in [2.45, 2.75) is 50.7 Å². The van der Waals surface area contributed by atoms with Crippen LogP contribution < -0.4 is 17.0 Å². The molecule has 0 saturated carbocycles. The highest BCUT2D eigenvalue weighted by Gasteiger charge is 2.50. The molecule has 1 aliphatic rings. The van der Waals surface area contributed by atoms with Crippen molar-refractivity contribution in [1.82, 2.24) is 39.0 Å². The number of hydrogen-bond acceptors (Lipinski definition) is 16. The van der Waals surface area contributed by atoms with Crippen LogP contribution in [0.5, 0.6) is 0 Å². The molecule has 44 heavy (non-hydrogen) atoms. The summed E-state index contributed by atoms with van der Waals surface area (Å²) in [5.74, 6) is -0.113. The normalized spacial score (nSPS) is 23.7. The lowest BCUT2D eigenvalue weighted by molar-refractivity contribution is -0.0640. The fourth-order valence-electron chi connectivity index (χ4n) is 4.45. The van der Waals surface area contributed by atoms with E-state index in [2.05, 4.69) is 34.4 Å². The summed E-state index contributed by atoms with van der Waals surface area (Å²) < 4.78 is 53.3. The van der Waals surface area contributed by atoms with Crippen molar-refractivity contribution in [3.8, 4) is 0 Å². The van der Waals surface area contributed by atoms with E-state index in [1.54, 1.807) is 18.4 Å². The topological polar surface area (TPSA) is 320 Å². The SMILES string of the molecule is C[C@@H](COP(=O)(O)O[C@H]1C(O)[C@@H](COP(=O)(O)O)O[C@H]1n1cnc2c(=O)[nH]c(N)nc21)O[C@H](C)n1cnc2c(N)ncnc21. The molecule has 1 saturated heterocycles. The molecule has 0 aliphatic carbocycles. The van der Waals surface area contributed by atoms with Gasteiger partial charge in [0, 0.05) is 0 Å². The Morgan fingerprint density at radius 1 is 1.07 bits per heavy atom. The molecule has 4 aromatic rings. The predicted molar refractivity (Wildman–Crippen MR) is 146 cm³/mol. The zero-order valence-corrected chi connectivity index (χ0v) is 24.6. The van der Waals surface area contributed by atoms with E-state index in [0.717, 1.165) is 10.9 Å². The molecule has 5 rings (SSSR count). The first-order valence-electron chi connectivity index (χ1n) is 12.6. The Morgan fingerprint density at radius 3 is 2.52 bits per heavy atom. The van der Waals surface area contributed by atoms with Crippen LogP contribution >= 0.6 is 15.6 Å². The molecular weight excluding hydrogens is 634 g/mol. The average Bonchev–Trinajstić information content (AvgIpc) is 3.63. The highest BCUT2D eigenvalue weighted by atomic mass is 31.2. The van der Waals surface area contributed by atoms with E-state index in [-0.39, 0.29) is 22.9 Å². The molecular formula is C20H28N10O12P2. The van der Waals surface area contributed by atoms with Gasteiger partial charge in [0.05, 0.1) is 32.0 Å². The van der Waals surface area contributed by atoms with Gasteiger partial charge in [-0.1, -0.05) is 0 Å². The number of aromatic amines is 1. The minimum atomic E-state index is -5.00. The molecule has 0 amide bonds. The lowest BCUT2D eigenvalue weighted by Gasteiger charge is -2.25. The third kappa shape index (κ3) is 6.80. The van der Waals surface area contributed by atoms with Crippen LogP contribution in [0.3, 0.4) is 0 Å². The van der Waals surface area contributed by atoms with Gasteiger partial charge in [0.25, 0.3) is 5.56 Å². The van der Waals surface area contributed by atoms with Crippen molar-refractivity contribution >= 4 is 49.7 Å². The number of phosphoric acid groups is 2. The van der Waals surface area contributed by atoms with E-state index >= 15 is 0 Å². The smallest absolute Gasteiger partial charge is 0.387 e. The van der Waals surface area contributed by atoms with E-state index in [4.69, 9.17) is 39.8 Å². The highest BCUT2D eigenvalue weighted by molar-refractivity contribution is 7.47. The molecule has 22 nitrogen and oxygen atoms in total. The molecule has 0 spiro atoms. The minimum absolute atomic E-state index is 0.141. The number of phosphoric ester groups is 2. The first-order chi connectivity index (χ1) is 20.6. The number of imidazole rings is 2. The summed E-state index contributed by atoms with van der Waals surface area (Å²) in [6, 6.07) is 0. The van der Waals surface area contributed by atoms with Gasteiger partial charge in [-0.05, 0) is 13.8 Å². The number of anilines is 2. The Morgan fingerprint density at radius 2 is 1.80 bits per heavy atom. The van der Waals surface area contributed by atoms with Crippen LogP contribution in [-0.4, -0.2) is 96.5 Å². The number of aromatic nitrogens is 8. The van der Waals surface area contributed by atoms with Gasteiger partial charge < -0.3 is 40.7 Å². The summed E-state index contributed by atoms with van der Waals surface area (Å²) in [4.78, 5) is 63.3. The molecule has 5 heterocycles. The van der Waals surface area contributed by atoms with Gasteiger partial charge in [0.15, 0.2) is 28.9 Å². The Hall–Kier alpha value is -3.40. The van der Waals surface area contributed by atoms with Gasteiger partial charge in [0.2, 0.25) is 5.95 Å². The van der Waals surface area contributed by atoms with Crippen molar-refractivity contribution in [3.05, 3.63) is 29.3 Å². The Balaban J connectivity index is 1.31. The minimum Gasteiger partial charge on any atom is -0.387 e. The van der Waals surface area contributed by atoms with E-state index in [9.17, 15) is 23.9 Å². The van der Waals surface area contributed by atoms with Crippen LogP contribution in [0.15, 0.2) is 23.8 Å². The largest absolute Gasteiger partial charge is 0.472 e. The van der Waals surface area contributed by atoms with Crippen molar-refractivity contribution in [3.63, 3.8) is 0 Å². The fraction of sp³-hybridized carbons (Fsp3) is 0.500. The Labute approximate surface area is 245 Å². The summed E-state index contributed by atoms with van der Waals surface area (Å²) in [5.41, 5.74) is 11.2. The van der Waals surface area contributed by atoms with Crippen molar-refractivity contribution < 1.29 is 52.0 Å². The van der Waals surface area contributed by atoms with E-state index in [0.29, 0.717) is 11.2 Å². The summed E-state index contributed by atoms with van der Waals surface area (Å²) in [7, 11) is -9.99. The molecule has 24 heteroatoms. The molecule has 0 aromatic carbocycles. The van der Waals surface area contributed by atoms with Gasteiger partial charge in [-0.2, -0.15) is 4.98 Å². The fourth-order valence-corrected chi connectivity index (χ4v) is 5.79. The summed E-state index contributed by atoms with van der Waals surface area (Å²) in [6.45, 7) is 1.91. The summed E-state index contributed by atoms with van der Waals surface area (Å²) in [6.07, 6.45) is -4.22. The van der Waals surface area contributed by atoms with Gasteiger partial charge in [0.1, 0.15) is 36.4 Å². The number of nitrogens with two attached hydrogens (primary N) is 2. The molecule has 2 unspecified atom stereocenters. The molecule has 4 aromatic heterocycles. The van der Waals surface area contributed by atoms with Gasteiger partial charge in [-0.15, -0.1) is 0 Å². The number of nitrogens with zero attached hydrogens (tertiary/aromatic N) is 7. The zero-order chi connectivity index (χ0) is 32.0. The molecule has 1 fully saturated rings. The summed E-state index contributed by atoms with van der Waals surface area (Å²) >= 11 is 0. The quantitative estimate of drug-likeness (QED) is 0.0886. The number of nitrogens with one attached hydrogen (secondary N) is 1. The number of ether oxygens (including phenoxy) is 2. The van der Waals surface area contributed by atoms with Crippen LogP contribution in [0.4, 0.5) is 11.8 Å². The van der Waals surface area contributed by atoms with E-state index in [1.807, 2.05) is 0 Å².